The third kappa shape index (κ3) is 3.28. The molecule has 3 heteroatoms. The van der Waals surface area contributed by atoms with E-state index < -0.39 is 0 Å². The molecule has 0 amide bonds. The third-order valence-corrected chi connectivity index (χ3v) is 3.36. The van der Waals surface area contributed by atoms with Gasteiger partial charge in [0.25, 0.3) is 0 Å². The van der Waals surface area contributed by atoms with Crippen molar-refractivity contribution in [1.29, 1.82) is 0 Å². The smallest absolute Gasteiger partial charge is 0.200 e. The van der Waals surface area contributed by atoms with Crippen molar-refractivity contribution in [1.82, 2.24) is 0 Å². The molecule has 1 unspecified atom stereocenters. The van der Waals surface area contributed by atoms with Gasteiger partial charge < -0.3 is 9.47 Å². The molecule has 1 aromatic carbocycles. The molecule has 0 fully saturated rings. The number of hydrogen-bond donors (Lipinski definition) is 0. The Hall–Kier alpha value is -1.61. The van der Waals surface area contributed by atoms with Crippen LogP contribution in [0.3, 0.4) is 0 Å². The molecule has 0 saturated heterocycles. The largest absolute Gasteiger partial charge is 0.464 e. The van der Waals surface area contributed by atoms with Gasteiger partial charge in [0.1, 0.15) is 5.76 Å². The summed E-state index contributed by atoms with van der Waals surface area (Å²) in [4.78, 5) is 12.4. The molecule has 0 spiro atoms. The van der Waals surface area contributed by atoms with Crippen LogP contribution in [0.15, 0.2) is 35.9 Å². The van der Waals surface area contributed by atoms with Crippen molar-refractivity contribution in [2.24, 2.45) is 5.92 Å². The van der Waals surface area contributed by atoms with Gasteiger partial charge in [-0.3, -0.25) is 4.79 Å². The summed E-state index contributed by atoms with van der Waals surface area (Å²) in [5, 5.41) is 0. The Morgan fingerprint density at radius 3 is 2.65 bits per heavy atom. The molecule has 0 radical (unpaired) electrons. The number of benzene rings is 1. The van der Waals surface area contributed by atoms with Crippen LogP contribution in [-0.4, -0.2) is 18.7 Å². The summed E-state index contributed by atoms with van der Waals surface area (Å²) >= 11 is 0. The van der Waals surface area contributed by atoms with Crippen molar-refractivity contribution in [2.45, 2.75) is 39.9 Å². The van der Waals surface area contributed by atoms with Crippen LogP contribution in [0.2, 0.25) is 0 Å². The lowest BCUT2D eigenvalue weighted by atomic mass is 9.92. The van der Waals surface area contributed by atoms with Crippen molar-refractivity contribution in [3.05, 3.63) is 41.5 Å². The fraction of sp³-hybridized carbons (Fsp3) is 0.471. The highest BCUT2D eigenvalue weighted by Gasteiger charge is 2.28. The normalized spacial score (nSPS) is 19.1. The molecule has 2 rings (SSSR count). The number of rotatable bonds is 5. The molecule has 1 aromatic rings. The number of ketones is 1. The number of carbonyl (C=O) groups excluding carboxylic acids is 1. The summed E-state index contributed by atoms with van der Waals surface area (Å²) in [6.07, 6.45) is 1.20. The Morgan fingerprint density at radius 1 is 1.35 bits per heavy atom. The van der Waals surface area contributed by atoms with E-state index in [1.165, 1.54) is 0 Å². The zero-order valence-corrected chi connectivity index (χ0v) is 12.4. The molecule has 1 aliphatic rings. The van der Waals surface area contributed by atoms with Gasteiger partial charge in [0.2, 0.25) is 0 Å². The van der Waals surface area contributed by atoms with Crippen LogP contribution in [0.25, 0.3) is 5.76 Å². The molecule has 0 N–H and O–H groups in total. The lowest BCUT2D eigenvalue weighted by Crippen LogP contribution is -2.25. The topological polar surface area (TPSA) is 35.5 Å². The van der Waals surface area contributed by atoms with Gasteiger partial charge in [0, 0.05) is 30.1 Å². The lowest BCUT2D eigenvalue weighted by Gasteiger charge is -2.28. The summed E-state index contributed by atoms with van der Waals surface area (Å²) in [7, 11) is 0. The quantitative estimate of drug-likeness (QED) is 0.819. The highest BCUT2D eigenvalue weighted by molar-refractivity contribution is 6.02. The SMILES string of the molecule is CCOC1CCC(C(=O)C(C)C)=C(c2ccccc2)O1. The van der Waals surface area contributed by atoms with Gasteiger partial charge in [0.15, 0.2) is 12.1 Å². The van der Waals surface area contributed by atoms with Crippen LogP contribution in [0.5, 0.6) is 0 Å². The van der Waals surface area contributed by atoms with E-state index in [4.69, 9.17) is 9.47 Å². The highest BCUT2D eigenvalue weighted by atomic mass is 16.7. The first-order valence-electron chi connectivity index (χ1n) is 7.24. The van der Waals surface area contributed by atoms with Gasteiger partial charge in [-0.1, -0.05) is 44.2 Å². The fourth-order valence-electron chi connectivity index (χ4n) is 2.36. The molecule has 108 valence electrons. The van der Waals surface area contributed by atoms with E-state index in [0.29, 0.717) is 18.8 Å². The zero-order valence-electron chi connectivity index (χ0n) is 12.4. The minimum atomic E-state index is -0.251. The minimum Gasteiger partial charge on any atom is -0.464 e. The molecule has 0 aromatic heterocycles. The van der Waals surface area contributed by atoms with Crippen LogP contribution >= 0.6 is 0 Å². The average Bonchev–Trinajstić information content (AvgIpc) is 2.47. The van der Waals surface area contributed by atoms with Crippen molar-refractivity contribution < 1.29 is 14.3 Å². The number of ether oxygens (including phenoxy) is 2. The van der Waals surface area contributed by atoms with Gasteiger partial charge in [-0.25, -0.2) is 0 Å². The third-order valence-electron chi connectivity index (χ3n) is 3.36. The lowest BCUT2D eigenvalue weighted by molar-refractivity contribution is -0.121. The summed E-state index contributed by atoms with van der Waals surface area (Å²) in [5.41, 5.74) is 1.74. The van der Waals surface area contributed by atoms with Gasteiger partial charge in [0.05, 0.1) is 0 Å². The second-order valence-electron chi connectivity index (χ2n) is 5.23. The zero-order chi connectivity index (χ0) is 14.5. The van der Waals surface area contributed by atoms with E-state index in [9.17, 15) is 4.79 Å². The fourth-order valence-corrected chi connectivity index (χ4v) is 2.36. The van der Waals surface area contributed by atoms with E-state index >= 15 is 0 Å². The predicted octanol–water partition coefficient (Wildman–Crippen LogP) is 3.80. The average molecular weight is 274 g/mol. The molecule has 3 nitrogen and oxygen atoms in total. The number of allylic oxidation sites excluding steroid dienone is 1. The van der Waals surface area contributed by atoms with Gasteiger partial charge in [-0.05, 0) is 13.3 Å². The van der Waals surface area contributed by atoms with Crippen molar-refractivity contribution in [3.8, 4) is 0 Å². The summed E-state index contributed by atoms with van der Waals surface area (Å²) in [6.45, 7) is 6.41. The number of Topliss-reactive ketones (excluding diaryl/α,β-unsaturated/α-hetero) is 1. The van der Waals surface area contributed by atoms with Gasteiger partial charge >= 0.3 is 0 Å². The summed E-state index contributed by atoms with van der Waals surface area (Å²) in [6, 6.07) is 9.80. The molecule has 0 saturated carbocycles. The first-order valence-corrected chi connectivity index (χ1v) is 7.24. The first kappa shape index (κ1) is 14.8. The van der Waals surface area contributed by atoms with Crippen molar-refractivity contribution in [3.63, 3.8) is 0 Å². The predicted molar refractivity (Wildman–Crippen MR) is 78.9 cm³/mol. The summed E-state index contributed by atoms with van der Waals surface area (Å²) in [5.74, 6) is 0.837. The van der Waals surface area contributed by atoms with Crippen molar-refractivity contribution >= 4 is 11.5 Å². The van der Waals surface area contributed by atoms with Crippen molar-refractivity contribution in [2.75, 3.05) is 6.61 Å². The van der Waals surface area contributed by atoms with Gasteiger partial charge in [-0.2, -0.15) is 0 Å². The monoisotopic (exact) mass is 274 g/mol. The van der Waals surface area contributed by atoms with Gasteiger partial charge in [-0.15, -0.1) is 0 Å². The Labute approximate surface area is 120 Å². The Morgan fingerprint density at radius 2 is 2.05 bits per heavy atom. The highest BCUT2D eigenvalue weighted by Crippen LogP contribution is 2.33. The Balaban J connectivity index is 2.37. The second kappa shape index (κ2) is 6.71. The van der Waals surface area contributed by atoms with Crippen LogP contribution < -0.4 is 0 Å². The van der Waals surface area contributed by atoms with E-state index in [-0.39, 0.29) is 18.0 Å². The molecular formula is C17H22O3. The van der Waals surface area contributed by atoms with Crippen LogP contribution in [0, 0.1) is 5.92 Å². The Bertz CT molecular complexity index is 488. The standard InChI is InChI=1S/C17H22O3/c1-4-19-15-11-10-14(16(18)12(2)3)17(20-15)13-8-6-5-7-9-13/h5-9,12,15H,4,10-11H2,1-3H3. The number of hydrogen-bond acceptors (Lipinski definition) is 3. The molecule has 0 aliphatic carbocycles. The molecule has 0 bridgehead atoms. The molecular weight excluding hydrogens is 252 g/mol. The maximum atomic E-state index is 12.4. The minimum absolute atomic E-state index is 0.0176. The maximum Gasteiger partial charge on any atom is 0.200 e. The molecule has 1 aliphatic heterocycles. The maximum absolute atomic E-state index is 12.4. The van der Waals surface area contributed by atoms with Crippen LogP contribution in [0.4, 0.5) is 0 Å². The Kier molecular flexibility index (Phi) is 4.96. The first-order chi connectivity index (χ1) is 9.63. The number of carbonyl (C=O) groups is 1. The van der Waals surface area contributed by atoms with E-state index in [0.717, 1.165) is 17.6 Å². The van der Waals surface area contributed by atoms with E-state index in [1.807, 2.05) is 51.1 Å². The van der Waals surface area contributed by atoms with Crippen LogP contribution in [0.1, 0.15) is 39.2 Å². The molecule has 20 heavy (non-hydrogen) atoms. The van der Waals surface area contributed by atoms with Crippen LogP contribution in [-0.2, 0) is 14.3 Å². The summed E-state index contributed by atoms with van der Waals surface area (Å²) < 4.78 is 11.5. The molecule has 1 atom stereocenters. The second-order valence-corrected chi connectivity index (χ2v) is 5.23. The van der Waals surface area contributed by atoms with E-state index in [1.54, 1.807) is 0 Å². The molecule has 1 heterocycles. The van der Waals surface area contributed by atoms with E-state index in [2.05, 4.69) is 0 Å².